The molecule has 0 spiro atoms. The highest BCUT2D eigenvalue weighted by Crippen LogP contribution is 2.23. The quantitative estimate of drug-likeness (QED) is 0.589. The normalized spacial score (nSPS) is 14.3. The van der Waals surface area contributed by atoms with Gasteiger partial charge in [0.2, 0.25) is 0 Å². The smallest absolute Gasteiger partial charge is 0.272 e. The Balaban J connectivity index is 0.000000312. The molecule has 2 rings (SSSR count). The maximum Gasteiger partial charge on any atom is 0.394 e. The first kappa shape index (κ1) is 15.3. The van der Waals surface area contributed by atoms with Crippen molar-refractivity contribution in [1.82, 2.24) is 4.90 Å². The molecule has 0 bridgehead atoms. The van der Waals surface area contributed by atoms with Crippen LogP contribution in [0.3, 0.4) is 0 Å². The van der Waals surface area contributed by atoms with Crippen molar-refractivity contribution >= 4 is 22.2 Å². The standard InChI is InChI=1S/C11H11NO2.H2O4S/c1-7(2)12-10(13)8-5-3-4-6-9(8)11(12)14;1-5(2,3)4/h3-7H,1-2H3;(H2,1,2,3,4). The van der Waals surface area contributed by atoms with Gasteiger partial charge in [-0.3, -0.25) is 23.6 Å². The van der Waals surface area contributed by atoms with Gasteiger partial charge in [0, 0.05) is 6.04 Å². The number of nitrogens with zero attached hydrogens (tertiary/aromatic N) is 1. The monoisotopic (exact) mass is 287 g/mol. The predicted octanol–water partition coefficient (Wildman–Crippen LogP) is 1.04. The molecule has 1 aromatic rings. The van der Waals surface area contributed by atoms with Crippen LogP contribution in [-0.4, -0.2) is 40.3 Å². The van der Waals surface area contributed by atoms with Crippen LogP contribution in [0.4, 0.5) is 0 Å². The van der Waals surface area contributed by atoms with Crippen molar-refractivity contribution in [3.63, 3.8) is 0 Å². The van der Waals surface area contributed by atoms with Gasteiger partial charge in [-0.25, -0.2) is 0 Å². The molecule has 0 atom stereocenters. The van der Waals surface area contributed by atoms with E-state index in [-0.39, 0.29) is 17.9 Å². The van der Waals surface area contributed by atoms with Gasteiger partial charge in [-0.05, 0) is 26.0 Å². The average molecular weight is 287 g/mol. The summed E-state index contributed by atoms with van der Waals surface area (Å²) in [6, 6.07) is 6.85. The van der Waals surface area contributed by atoms with Crippen LogP contribution in [-0.2, 0) is 10.4 Å². The van der Waals surface area contributed by atoms with Crippen LogP contribution in [0, 0.1) is 0 Å². The summed E-state index contributed by atoms with van der Waals surface area (Å²) in [6.45, 7) is 3.67. The lowest BCUT2D eigenvalue weighted by atomic mass is 10.1. The van der Waals surface area contributed by atoms with Crippen molar-refractivity contribution in [3.05, 3.63) is 35.4 Å². The zero-order valence-corrected chi connectivity index (χ0v) is 11.1. The summed E-state index contributed by atoms with van der Waals surface area (Å²) in [7, 11) is -4.67. The molecule has 8 heteroatoms. The van der Waals surface area contributed by atoms with Gasteiger partial charge < -0.3 is 0 Å². The van der Waals surface area contributed by atoms with Gasteiger partial charge in [0.05, 0.1) is 11.1 Å². The fraction of sp³-hybridized carbons (Fsp3) is 0.273. The number of carbonyl (C=O) groups is 2. The molecule has 2 N–H and O–H groups in total. The molecular formula is C11H13NO6S. The molecule has 104 valence electrons. The lowest BCUT2D eigenvalue weighted by Crippen LogP contribution is -2.35. The number of imide groups is 1. The minimum atomic E-state index is -4.67. The second kappa shape index (κ2) is 5.47. The van der Waals surface area contributed by atoms with Crippen molar-refractivity contribution < 1.29 is 27.1 Å². The topological polar surface area (TPSA) is 112 Å². The minimum absolute atomic E-state index is 0.0811. The van der Waals surface area contributed by atoms with Crippen molar-refractivity contribution in [1.29, 1.82) is 0 Å². The summed E-state index contributed by atoms with van der Waals surface area (Å²) < 4.78 is 31.6. The Labute approximate surface area is 110 Å². The third kappa shape index (κ3) is 3.85. The van der Waals surface area contributed by atoms with E-state index >= 15 is 0 Å². The van der Waals surface area contributed by atoms with E-state index in [1.165, 1.54) is 4.90 Å². The van der Waals surface area contributed by atoms with Gasteiger partial charge in [0.1, 0.15) is 0 Å². The van der Waals surface area contributed by atoms with Crippen LogP contribution in [0.25, 0.3) is 0 Å². The third-order valence-corrected chi connectivity index (χ3v) is 2.34. The summed E-state index contributed by atoms with van der Waals surface area (Å²) in [5.74, 6) is -0.360. The summed E-state index contributed by atoms with van der Waals surface area (Å²) >= 11 is 0. The largest absolute Gasteiger partial charge is 0.394 e. The highest BCUT2D eigenvalue weighted by Gasteiger charge is 2.36. The number of carbonyl (C=O) groups excluding carboxylic acids is 2. The molecule has 19 heavy (non-hydrogen) atoms. The van der Waals surface area contributed by atoms with E-state index in [0.717, 1.165) is 0 Å². The molecule has 0 radical (unpaired) electrons. The summed E-state index contributed by atoms with van der Waals surface area (Å²) in [5, 5.41) is 0. The van der Waals surface area contributed by atoms with Crippen molar-refractivity contribution in [2.24, 2.45) is 0 Å². The van der Waals surface area contributed by atoms with Gasteiger partial charge in [-0.15, -0.1) is 0 Å². The Morgan fingerprint density at radius 2 is 1.32 bits per heavy atom. The number of amides is 2. The summed E-state index contributed by atoms with van der Waals surface area (Å²) in [6.07, 6.45) is 0. The second-order valence-electron chi connectivity index (χ2n) is 4.07. The molecule has 1 aromatic carbocycles. The molecule has 1 heterocycles. The van der Waals surface area contributed by atoms with Gasteiger partial charge in [0.25, 0.3) is 11.8 Å². The first-order valence-corrected chi connectivity index (χ1v) is 6.69. The molecule has 1 aliphatic rings. The zero-order valence-electron chi connectivity index (χ0n) is 10.3. The third-order valence-electron chi connectivity index (χ3n) is 2.34. The van der Waals surface area contributed by atoms with E-state index in [1.54, 1.807) is 24.3 Å². The Morgan fingerprint density at radius 1 is 1.00 bits per heavy atom. The number of benzene rings is 1. The number of rotatable bonds is 1. The SMILES string of the molecule is CC(C)N1C(=O)c2ccccc2C1=O.O=S(=O)(O)O. The molecule has 0 fully saturated rings. The minimum Gasteiger partial charge on any atom is -0.272 e. The molecule has 0 aromatic heterocycles. The van der Waals surface area contributed by atoms with Crippen LogP contribution >= 0.6 is 0 Å². The molecule has 0 aliphatic carbocycles. The predicted molar refractivity (Wildman–Crippen MR) is 66.3 cm³/mol. The van der Waals surface area contributed by atoms with Crippen molar-refractivity contribution in [2.45, 2.75) is 19.9 Å². The molecule has 1 aliphatic heterocycles. The highest BCUT2D eigenvalue weighted by molar-refractivity contribution is 7.79. The Hall–Kier alpha value is -1.77. The average Bonchev–Trinajstić information content (AvgIpc) is 2.50. The van der Waals surface area contributed by atoms with Gasteiger partial charge in [-0.2, -0.15) is 8.42 Å². The van der Waals surface area contributed by atoms with E-state index in [0.29, 0.717) is 11.1 Å². The van der Waals surface area contributed by atoms with Crippen LogP contribution in [0.5, 0.6) is 0 Å². The number of hydrogen-bond acceptors (Lipinski definition) is 4. The Kier molecular flexibility index (Phi) is 4.40. The van der Waals surface area contributed by atoms with E-state index in [4.69, 9.17) is 17.5 Å². The molecule has 7 nitrogen and oxygen atoms in total. The van der Waals surface area contributed by atoms with E-state index in [9.17, 15) is 9.59 Å². The molecule has 2 amide bonds. The first-order valence-electron chi connectivity index (χ1n) is 5.29. The van der Waals surface area contributed by atoms with Crippen LogP contribution < -0.4 is 0 Å². The maximum atomic E-state index is 11.8. The molecular weight excluding hydrogens is 274 g/mol. The fourth-order valence-electron chi connectivity index (χ4n) is 1.68. The van der Waals surface area contributed by atoms with E-state index in [2.05, 4.69) is 0 Å². The fourth-order valence-corrected chi connectivity index (χ4v) is 1.68. The number of fused-ring (bicyclic) bond motifs is 1. The maximum absolute atomic E-state index is 11.8. The Morgan fingerprint density at radius 3 is 1.58 bits per heavy atom. The summed E-state index contributed by atoms with van der Waals surface area (Å²) in [5.41, 5.74) is 1.04. The van der Waals surface area contributed by atoms with Crippen LogP contribution in [0.2, 0.25) is 0 Å². The zero-order chi connectivity index (χ0) is 14.8. The van der Waals surface area contributed by atoms with Crippen molar-refractivity contribution in [2.75, 3.05) is 0 Å². The van der Waals surface area contributed by atoms with Gasteiger partial charge >= 0.3 is 10.4 Å². The van der Waals surface area contributed by atoms with E-state index < -0.39 is 10.4 Å². The summed E-state index contributed by atoms with van der Waals surface area (Å²) in [4.78, 5) is 24.8. The van der Waals surface area contributed by atoms with Crippen molar-refractivity contribution in [3.8, 4) is 0 Å². The first-order chi connectivity index (χ1) is 8.63. The van der Waals surface area contributed by atoms with E-state index in [1.807, 2.05) is 13.8 Å². The van der Waals surface area contributed by atoms with Gasteiger partial charge in [0.15, 0.2) is 0 Å². The van der Waals surface area contributed by atoms with Crippen LogP contribution in [0.15, 0.2) is 24.3 Å². The lowest BCUT2D eigenvalue weighted by molar-refractivity contribution is 0.0609. The highest BCUT2D eigenvalue weighted by atomic mass is 32.3. The molecule has 0 unspecified atom stereocenters. The second-order valence-corrected chi connectivity index (χ2v) is 4.96. The van der Waals surface area contributed by atoms with Crippen LogP contribution in [0.1, 0.15) is 34.6 Å². The lowest BCUT2D eigenvalue weighted by Gasteiger charge is -2.17. The van der Waals surface area contributed by atoms with Gasteiger partial charge in [-0.1, -0.05) is 12.1 Å². The number of hydrogen-bond donors (Lipinski definition) is 2. The molecule has 0 saturated heterocycles. The molecule has 0 saturated carbocycles. The Bertz CT molecular complexity index is 564.